The van der Waals surface area contributed by atoms with Crippen LogP contribution in [0.1, 0.15) is 44.8 Å². The highest BCUT2D eigenvalue weighted by Gasteiger charge is 2.15. The van der Waals surface area contributed by atoms with Crippen LogP contribution in [-0.2, 0) is 17.7 Å². The zero-order valence-corrected chi connectivity index (χ0v) is 14.8. The number of carbonyl (C=O) groups is 1. The summed E-state index contributed by atoms with van der Waals surface area (Å²) in [6, 6.07) is 8.62. The number of esters is 1. The van der Waals surface area contributed by atoms with Crippen molar-refractivity contribution in [1.82, 2.24) is 10.3 Å². The topological polar surface area (TPSA) is 51.2 Å². The lowest BCUT2D eigenvalue weighted by Crippen LogP contribution is -2.15. The van der Waals surface area contributed by atoms with E-state index in [1.807, 2.05) is 6.92 Å². The van der Waals surface area contributed by atoms with Gasteiger partial charge in [-0.25, -0.2) is 9.78 Å². The molecule has 1 N–H and O–H groups in total. The van der Waals surface area contributed by atoms with Crippen LogP contribution in [0.5, 0.6) is 0 Å². The van der Waals surface area contributed by atoms with Crippen LogP contribution in [0.25, 0.3) is 0 Å². The summed E-state index contributed by atoms with van der Waals surface area (Å²) in [4.78, 5) is 17.0. The molecule has 5 heteroatoms. The van der Waals surface area contributed by atoms with E-state index in [4.69, 9.17) is 4.74 Å². The van der Waals surface area contributed by atoms with Crippen LogP contribution < -0.4 is 5.32 Å². The standard InChI is InChI=1S/C18H24N2O2S/c1-4-22-18(21)17-14(3)23-16(20-17)12-19-10-6-9-15-8-5-7-13(2)11-15/h5,7-8,11,19H,4,6,9-10,12H2,1-3H3. The minimum absolute atomic E-state index is 0.327. The maximum absolute atomic E-state index is 11.7. The van der Waals surface area contributed by atoms with Crippen LogP contribution in [0.4, 0.5) is 0 Å². The van der Waals surface area contributed by atoms with E-state index in [2.05, 4.69) is 41.5 Å². The Hall–Kier alpha value is -1.72. The highest BCUT2D eigenvalue weighted by atomic mass is 32.1. The molecule has 0 atom stereocenters. The third-order valence-electron chi connectivity index (χ3n) is 3.49. The molecule has 1 aromatic carbocycles. The van der Waals surface area contributed by atoms with Gasteiger partial charge in [0.2, 0.25) is 0 Å². The van der Waals surface area contributed by atoms with Crippen molar-refractivity contribution in [2.24, 2.45) is 0 Å². The molecule has 4 nitrogen and oxygen atoms in total. The molecule has 0 bridgehead atoms. The Morgan fingerprint density at radius 1 is 1.35 bits per heavy atom. The molecular formula is C18H24N2O2S. The normalized spacial score (nSPS) is 10.7. The van der Waals surface area contributed by atoms with Gasteiger partial charge in [-0.1, -0.05) is 29.8 Å². The fourth-order valence-corrected chi connectivity index (χ4v) is 3.29. The highest BCUT2D eigenvalue weighted by molar-refractivity contribution is 7.11. The Morgan fingerprint density at radius 2 is 2.17 bits per heavy atom. The summed E-state index contributed by atoms with van der Waals surface area (Å²) >= 11 is 1.55. The van der Waals surface area contributed by atoms with Gasteiger partial charge in [0, 0.05) is 11.4 Å². The van der Waals surface area contributed by atoms with Crippen molar-refractivity contribution in [2.75, 3.05) is 13.2 Å². The molecule has 0 saturated heterocycles. The fraction of sp³-hybridized carbons (Fsp3) is 0.444. The van der Waals surface area contributed by atoms with E-state index in [0.717, 1.165) is 29.3 Å². The number of nitrogens with one attached hydrogen (secondary N) is 1. The van der Waals surface area contributed by atoms with E-state index in [1.54, 1.807) is 18.3 Å². The lowest BCUT2D eigenvalue weighted by atomic mass is 10.1. The second kappa shape index (κ2) is 8.79. The van der Waals surface area contributed by atoms with Crippen LogP contribution >= 0.6 is 11.3 Å². The molecule has 0 aliphatic carbocycles. The van der Waals surface area contributed by atoms with E-state index in [1.165, 1.54) is 11.1 Å². The number of hydrogen-bond donors (Lipinski definition) is 1. The van der Waals surface area contributed by atoms with Crippen molar-refractivity contribution >= 4 is 17.3 Å². The smallest absolute Gasteiger partial charge is 0.358 e. The molecule has 2 aromatic rings. The Kier molecular flexibility index (Phi) is 6.74. The van der Waals surface area contributed by atoms with Crippen LogP contribution in [0.15, 0.2) is 24.3 Å². The number of hydrogen-bond acceptors (Lipinski definition) is 5. The molecular weight excluding hydrogens is 308 g/mol. The number of ether oxygens (including phenoxy) is 1. The molecule has 1 aromatic heterocycles. The van der Waals surface area contributed by atoms with E-state index in [0.29, 0.717) is 18.8 Å². The van der Waals surface area contributed by atoms with E-state index < -0.39 is 0 Å². The molecule has 2 rings (SSSR count). The lowest BCUT2D eigenvalue weighted by Gasteiger charge is -2.04. The molecule has 0 spiro atoms. The van der Waals surface area contributed by atoms with Gasteiger partial charge in [-0.05, 0) is 45.7 Å². The van der Waals surface area contributed by atoms with E-state index >= 15 is 0 Å². The second-order valence-corrected chi connectivity index (χ2v) is 6.79. The maximum atomic E-state index is 11.7. The SMILES string of the molecule is CCOC(=O)c1nc(CNCCCc2cccc(C)c2)sc1C. The predicted molar refractivity (Wildman–Crippen MR) is 94.0 cm³/mol. The van der Waals surface area contributed by atoms with Crippen molar-refractivity contribution in [3.63, 3.8) is 0 Å². The van der Waals surface area contributed by atoms with Crippen molar-refractivity contribution in [3.8, 4) is 0 Å². The third kappa shape index (κ3) is 5.44. The van der Waals surface area contributed by atoms with Crippen molar-refractivity contribution in [2.45, 2.75) is 40.2 Å². The van der Waals surface area contributed by atoms with Gasteiger partial charge in [0.25, 0.3) is 0 Å². The van der Waals surface area contributed by atoms with Crippen LogP contribution in [0.3, 0.4) is 0 Å². The zero-order valence-electron chi connectivity index (χ0n) is 14.0. The van der Waals surface area contributed by atoms with Gasteiger partial charge in [0.1, 0.15) is 5.01 Å². The first-order valence-corrected chi connectivity index (χ1v) is 8.81. The quantitative estimate of drug-likeness (QED) is 0.592. The zero-order chi connectivity index (χ0) is 16.7. The summed E-state index contributed by atoms with van der Waals surface area (Å²) in [5, 5.41) is 4.33. The van der Waals surface area contributed by atoms with Gasteiger partial charge in [-0.3, -0.25) is 0 Å². The first-order chi connectivity index (χ1) is 11.1. The van der Waals surface area contributed by atoms with Crippen molar-refractivity contribution in [1.29, 1.82) is 0 Å². The molecule has 23 heavy (non-hydrogen) atoms. The largest absolute Gasteiger partial charge is 0.461 e. The second-order valence-electron chi connectivity index (χ2n) is 5.50. The lowest BCUT2D eigenvalue weighted by molar-refractivity contribution is 0.0519. The van der Waals surface area contributed by atoms with Gasteiger partial charge in [0.15, 0.2) is 5.69 Å². The first kappa shape index (κ1) is 17.6. The molecule has 0 aliphatic heterocycles. The van der Waals surface area contributed by atoms with Crippen LogP contribution in [0, 0.1) is 13.8 Å². The number of nitrogens with zero attached hydrogens (tertiary/aromatic N) is 1. The van der Waals surface area contributed by atoms with Gasteiger partial charge in [-0.2, -0.15) is 0 Å². The minimum atomic E-state index is -0.327. The Morgan fingerprint density at radius 3 is 2.91 bits per heavy atom. The van der Waals surface area contributed by atoms with Crippen LogP contribution in [-0.4, -0.2) is 24.1 Å². The van der Waals surface area contributed by atoms with Crippen molar-refractivity contribution in [3.05, 3.63) is 51.0 Å². The summed E-state index contributed by atoms with van der Waals surface area (Å²) in [7, 11) is 0. The summed E-state index contributed by atoms with van der Waals surface area (Å²) < 4.78 is 5.01. The van der Waals surface area contributed by atoms with E-state index in [9.17, 15) is 4.79 Å². The van der Waals surface area contributed by atoms with Gasteiger partial charge >= 0.3 is 5.97 Å². The van der Waals surface area contributed by atoms with Crippen molar-refractivity contribution < 1.29 is 9.53 Å². The number of carbonyl (C=O) groups excluding carboxylic acids is 1. The third-order valence-corrected chi connectivity index (χ3v) is 4.46. The molecule has 0 unspecified atom stereocenters. The molecule has 124 valence electrons. The maximum Gasteiger partial charge on any atom is 0.358 e. The number of thiazole rings is 1. The highest BCUT2D eigenvalue weighted by Crippen LogP contribution is 2.18. The summed E-state index contributed by atoms with van der Waals surface area (Å²) in [5.74, 6) is -0.327. The number of benzene rings is 1. The predicted octanol–water partition coefficient (Wildman–Crippen LogP) is 3.66. The average molecular weight is 332 g/mol. The van der Waals surface area contributed by atoms with Crippen LogP contribution in [0.2, 0.25) is 0 Å². The fourth-order valence-electron chi connectivity index (χ4n) is 2.40. The molecule has 0 amide bonds. The average Bonchev–Trinajstić information content (AvgIpc) is 2.88. The van der Waals surface area contributed by atoms with Gasteiger partial charge < -0.3 is 10.1 Å². The summed E-state index contributed by atoms with van der Waals surface area (Å²) in [5.41, 5.74) is 3.13. The summed E-state index contributed by atoms with van der Waals surface area (Å²) in [6.07, 6.45) is 2.15. The Balaban J connectivity index is 1.74. The van der Waals surface area contributed by atoms with Gasteiger partial charge in [0.05, 0.1) is 6.61 Å². The summed E-state index contributed by atoms with van der Waals surface area (Å²) in [6.45, 7) is 7.83. The van der Waals surface area contributed by atoms with Gasteiger partial charge in [-0.15, -0.1) is 11.3 Å². The Labute approximate surface area is 141 Å². The minimum Gasteiger partial charge on any atom is -0.461 e. The van der Waals surface area contributed by atoms with E-state index in [-0.39, 0.29) is 5.97 Å². The Bertz CT molecular complexity index is 652. The molecule has 0 radical (unpaired) electrons. The number of aryl methyl sites for hydroxylation is 3. The monoisotopic (exact) mass is 332 g/mol. The molecule has 0 fully saturated rings. The first-order valence-electron chi connectivity index (χ1n) is 8.00. The molecule has 1 heterocycles. The molecule has 0 saturated carbocycles. The number of rotatable bonds is 8. The number of aromatic nitrogens is 1. The molecule has 0 aliphatic rings.